The SMILES string of the molecule is COc1cccc(C(=O)CN2CCC(C(C)O)C2)c1. The van der Waals surface area contributed by atoms with Gasteiger partial charge in [-0.1, -0.05) is 12.1 Å². The molecule has 1 N–H and O–H groups in total. The number of hydrogen-bond donors (Lipinski definition) is 1. The number of aliphatic hydroxyl groups is 1. The Balaban J connectivity index is 1.94. The minimum absolute atomic E-state index is 0.102. The molecule has 0 radical (unpaired) electrons. The second-order valence-electron chi connectivity index (χ2n) is 5.18. The van der Waals surface area contributed by atoms with Crippen LogP contribution < -0.4 is 4.74 Å². The zero-order chi connectivity index (χ0) is 13.8. The summed E-state index contributed by atoms with van der Waals surface area (Å²) in [5.41, 5.74) is 0.680. The van der Waals surface area contributed by atoms with Gasteiger partial charge in [0.2, 0.25) is 0 Å². The summed E-state index contributed by atoms with van der Waals surface area (Å²) in [4.78, 5) is 14.3. The van der Waals surface area contributed by atoms with Gasteiger partial charge in [0.05, 0.1) is 19.8 Å². The number of methoxy groups -OCH3 is 1. The average Bonchev–Trinajstić information content (AvgIpc) is 2.87. The lowest BCUT2D eigenvalue weighted by atomic mass is 10.0. The minimum atomic E-state index is -0.295. The van der Waals surface area contributed by atoms with Crippen LogP contribution in [0.5, 0.6) is 5.75 Å². The van der Waals surface area contributed by atoms with E-state index in [0.717, 1.165) is 19.5 Å². The van der Waals surface area contributed by atoms with E-state index >= 15 is 0 Å². The van der Waals surface area contributed by atoms with Crippen LogP contribution in [0, 0.1) is 5.92 Å². The first-order chi connectivity index (χ1) is 9.10. The third kappa shape index (κ3) is 3.55. The first-order valence-corrected chi connectivity index (χ1v) is 6.68. The first kappa shape index (κ1) is 14.0. The van der Waals surface area contributed by atoms with E-state index in [-0.39, 0.29) is 17.8 Å². The fourth-order valence-electron chi connectivity index (χ4n) is 2.49. The molecule has 1 aliphatic rings. The molecule has 1 aromatic rings. The number of nitrogens with zero attached hydrogens (tertiary/aromatic N) is 1. The van der Waals surface area contributed by atoms with E-state index in [4.69, 9.17) is 4.74 Å². The molecule has 0 amide bonds. The normalized spacial score (nSPS) is 21.3. The Kier molecular flexibility index (Phi) is 4.56. The molecule has 4 heteroatoms. The number of likely N-dealkylation sites (tertiary alicyclic amines) is 1. The van der Waals surface area contributed by atoms with Crippen LogP contribution in [0.3, 0.4) is 0 Å². The Morgan fingerprint density at radius 3 is 3.00 bits per heavy atom. The molecule has 2 unspecified atom stereocenters. The van der Waals surface area contributed by atoms with Crippen LogP contribution in [0.15, 0.2) is 24.3 Å². The van der Waals surface area contributed by atoms with Gasteiger partial charge < -0.3 is 9.84 Å². The molecular formula is C15H21NO3. The maximum Gasteiger partial charge on any atom is 0.176 e. The average molecular weight is 263 g/mol. The van der Waals surface area contributed by atoms with Gasteiger partial charge in [0.1, 0.15) is 5.75 Å². The van der Waals surface area contributed by atoms with E-state index < -0.39 is 0 Å². The number of Topliss-reactive ketones (excluding diaryl/α,β-unsaturated/α-hetero) is 1. The molecule has 1 heterocycles. The van der Waals surface area contributed by atoms with Gasteiger partial charge in [0.15, 0.2) is 5.78 Å². The fraction of sp³-hybridized carbons (Fsp3) is 0.533. The highest BCUT2D eigenvalue weighted by Crippen LogP contribution is 2.20. The molecule has 1 aliphatic heterocycles. The smallest absolute Gasteiger partial charge is 0.176 e. The van der Waals surface area contributed by atoms with E-state index in [1.165, 1.54) is 0 Å². The third-order valence-corrected chi connectivity index (χ3v) is 3.75. The molecule has 0 aliphatic carbocycles. The number of ether oxygens (including phenoxy) is 1. The van der Waals surface area contributed by atoms with Gasteiger partial charge in [0.25, 0.3) is 0 Å². The maximum atomic E-state index is 12.2. The molecule has 1 fully saturated rings. The lowest BCUT2D eigenvalue weighted by molar-refractivity contribution is 0.0925. The van der Waals surface area contributed by atoms with Crippen LogP contribution in [0.25, 0.3) is 0 Å². The largest absolute Gasteiger partial charge is 0.497 e. The van der Waals surface area contributed by atoms with Gasteiger partial charge in [0, 0.05) is 12.1 Å². The summed E-state index contributed by atoms with van der Waals surface area (Å²) >= 11 is 0. The molecule has 19 heavy (non-hydrogen) atoms. The molecule has 2 rings (SSSR count). The molecule has 0 bridgehead atoms. The minimum Gasteiger partial charge on any atom is -0.497 e. The van der Waals surface area contributed by atoms with E-state index in [2.05, 4.69) is 4.90 Å². The second-order valence-corrected chi connectivity index (χ2v) is 5.18. The number of aliphatic hydroxyl groups excluding tert-OH is 1. The lowest BCUT2D eigenvalue weighted by Gasteiger charge is -2.16. The van der Waals surface area contributed by atoms with Gasteiger partial charge in [-0.2, -0.15) is 0 Å². The number of hydrogen-bond acceptors (Lipinski definition) is 4. The van der Waals surface area contributed by atoms with Crippen molar-refractivity contribution in [2.24, 2.45) is 5.92 Å². The van der Waals surface area contributed by atoms with Crippen molar-refractivity contribution in [2.75, 3.05) is 26.7 Å². The molecule has 2 atom stereocenters. The van der Waals surface area contributed by atoms with Crippen molar-refractivity contribution in [3.63, 3.8) is 0 Å². The summed E-state index contributed by atoms with van der Waals surface area (Å²) in [6, 6.07) is 7.24. The topological polar surface area (TPSA) is 49.8 Å². The fourth-order valence-corrected chi connectivity index (χ4v) is 2.49. The molecule has 0 saturated carbocycles. The Hall–Kier alpha value is -1.39. The lowest BCUT2D eigenvalue weighted by Crippen LogP contribution is -2.29. The number of benzene rings is 1. The number of carbonyl (C=O) groups is 1. The van der Waals surface area contributed by atoms with Crippen LogP contribution in [0.4, 0.5) is 0 Å². The van der Waals surface area contributed by atoms with Gasteiger partial charge >= 0.3 is 0 Å². The highest BCUT2D eigenvalue weighted by atomic mass is 16.5. The van der Waals surface area contributed by atoms with Crippen molar-refractivity contribution >= 4 is 5.78 Å². The van der Waals surface area contributed by atoms with Crippen LogP contribution in [-0.4, -0.2) is 48.6 Å². The van der Waals surface area contributed by atoms with E-state index in [9.17, 15) is 9.90 Å². The molecule has 104 valence electrons. The van der Waals surface area contributed by atoms with Crippen LogP contribution in [0.2, 0.25) is 0 Å². The van der Waals surface area contributed by atoms with Crippen molar-refractivity contribution in [3.05, 3.63) is 29.8 Å². The van der Waals surface area contributed by atoms with Gasteiger partial charge in [-0.15, -0.1) is 0 Å². The van der Waals surface area contributed by atoms with E-state index in [1.807, 2.05) is 25.1 Å². The van der Waals surface area contributed by atoms with Gasteiger partial charge in [-0.25, -0.2) is 0 Å². The number of rotatable bonds is 5. The Morgan fingerprint density at radius 2 is 2.37 bits per heavy atom. The summed E-state index contributed by atoms with van der Waals surface area (Å²) in [5.74, 6) is 1.09. The summed E-state index contributed by atoms with van der Waals surface area (Å²) in [5, 5.41) is 9.56. The van der Waals surface area contributed by atoms with Crippen LogP contribution in [0.1, 0.15) is 23.7 Å². The molecule has 1 aromatic carbocycles. The van der Waals surface area contributed by atoms with E-state index in [1.54, 1.807) is 13.2 Å². The predicted octanol–water partition coefficient (Wildman–Crippen LogP) is 1.58. The summed E-state index contributed by atoms with van der Waals surface area (Å²) in [6.45, 7) is 3.91. The van der Waals surface area contributed by atoms with Gasteiger partial charge in [-0.05, 0) is 37.9 Å². The Bertz CT molecular complexity index is 445. The van der Waals surface area contributed by atoms with Crippen LogP contribution in [-0.2, 0) is 0 Å². The number of ketones is 1. The predicted molar refractivity (Wildman–Crippen MR) is 73.6 cm³/mol. The molecule has 0 aromatic heterocycles. The molecule has 4 nitrogen and oxygen atoms in total. The summed E-state index contributed by atoms with van der Waals surface area (Å²) < 4.78 is 5.12. The summed E-state index contributed by atoms with van der Waals surface area (Å²) in [7, 11) is 1.59. The Labute approximate surface area is 114 Å². The highest BCUT2D eigenvalue weighted by Gasteiger charge is 2.27. The molecule has 0 spiro atoms. The zero-order valence-electron chi connectivity index (χ0n) is 11.5. The monoisotopic (exact) mass is 263 g/mol. The zero-order valence-corrected chi connectivity index (χ0v) is 11.5. The highest BCUT2D eigenvalue weighted by molar-refractivity contribution is 5.97. The van der Waals surface area contributed by atoms with Crippen molar-refractivity contribution in [2.45, 2.75) is 19.4 Å². The van der Waals surface area contributed by atoms with Crippen molar-refractivity contribution in [1.29, 1.82) is 0 Å². The molecule has 1 saturated heterocycles. The maximum absolute atomic E-state index is 12.2. The quantitative estimate of drug-likeness (QED) is 0.819. The van der Waals surface area contributed by atoms with Crippen molar-refractivity contribution in [3.8, 4) is 5.75 Å². The molecular weight excluding hydrogens is 242 g/mol. The van der Waals surface area contributed by atoms with Crippen LogP contribution >= 0.6 is 0 Å². The first-order valence-electron chi connectivity index (χ1n) is 6.68. The summed E-state index contributed by atoms with van der Waals surface area (Å²) in [6.07, 6.45) is 0.667. The van der Waals surface area contributed by atoms with Gasteiger partial charge in [-0.3, -0.25) is 9.69 Å². The van der Waals surface area contributed by atoms with Crippen molar-refractivity contribution in [1.82, 2.24) is 4.90 Å². The Morgan fingerprint density at radius 1 is 1.58 bits per heavy atom. The standard InChI is InChI=1S/C15H21NO3/c1-11(17)13-6-7-16(9-13)10-15(18)12-4-3-5-14(8-12)19-2/h3-5,8,11,13,17H,6-7,9-10H2,1-2H3. The third-order valence-electron chi connectivity index (χ3n) is 3.75. The second kappa shape index (κ2) is 6.17. The van der Waals surface area contributed by atoms with E-state index in [0.29, 0.717) is 17.9 Å². The van der Waals surface area contributed by atoms with Crippen molar-refractivity contribution < 1.29 is 14.6 Å². The number of carbonyl (C=O) groups excluding carboxylic acids is 1.